The number of hydrogen-bond donors (Lipinski definition) is 1. The number of hydrogen-bond acceptors (Lipinski definition) is 4. The zero-order valence-corrected chi connectivity index (χ0v) is 11.0. The van der Waals surface area contributed by atoms with Crippen molar-refractivity contribution in [1.29, 1.82) is 0 Å². The number of aliphatic hydroxyl groups is 1. The molecule has 0 fully saturated rings. The number of aromatic nitrogens is 2. The van der Waals surface area contributed by atoms with Crippen LogP contribution in [0, 0.1) is 0 Å². The van der Waals surface area contributed by atoms with Gasteiger partial charge in [0.25, 0.3) is 0 Å². The molecule has 4 nitrogen and oxygen atoms in total. The molecule has 0 aliphatic heterocycles. The Morgan fingerprint density at radius 3 is 2.35 bits per heavy atom. The van der Waals surface area contributed by atoms with Crippen LogP contribution in [0.25, 0.3) is 0 Å². The van der Waals surface area contributed by atoms with Gasteiger partial charge in [-0.05, 0) is 13.3 Å². The first-order valence-corrected chi connectivity index (χ1v) is 6.74. The zero-order chi connectivity index (χ0) is 12.5. The van der Waals surface area contributed by atoms with Gasteiger partial charge < -0.3 is 9.63 Å². The van der Waals surface area contributed by atoms with Crippen LogP contribution in [0.4, 0.5) is 0 Å². The number of rotatable bonds is 9. The average molecular weight is 240 g/mol. The average Bonchev–Trinajstić information content (AvgIpc) is 2.77. The summed E-state index contributed by atoms with van der Waals surface area (Å²) in [7, 11) is 0. The Morgan fingerprint density at radius 1 is 1.12 bits per heavy atom. The van der Waals surface area contributed by atoms with Gasteiger partial charge in [0.05, 0.1) is 0 Å². The lowest BCUT2D eigenvalue weighted by atomic mass is 10.1. The maximum Gasteiger partial charge on any atom is 0.226 e. The minimum Gasteiger partial charge on any atom is -0.385 e. The van der Waals surface area contributed by atoms with Gasteiger partial charge in [-0.2, -0.15) is 4.98 Å². The molecule has 0 saturated heterocycles. The number of unbranched alkanes of at least 4 members (excludes halogenated alkanes) is 6. The van der Waals surface area contributed by atoms with Gasteiger partial charge in [0.2, 0.25) is 5.89 Å². The smallest absolute Gasteiger partial charge is 0.226 e. The summed E-state index contributed by atoms with van der Waals surface area (Å²) in [5.74, 6) is 1.04. The van der Waals surface area contributed by atoms with Crippen LogP contribution in [-0.2, 0) is 6.42 Å². The molecular weight excluding hydrogens is 216 g/mol. The van der Waals surface area contributed by atoms with E-state index in [1.807, 2.05) is 0 Å². The van der Waals surface area contributed by atoms with E-state index in [0.29, 0.717) is 11.7 Å². The zero-order valence-electron chi connectivity index (χ0n) is 11.0. The SMILES string of the molecule is CCCCCCCCCc1nc(C(C)O)no1. The van der Waals surface area contributed by atoms with E-state index in [0.717, 1.165) is 12.8 Å². The molecule has 17 heavy (non-hydrogen) atoms. The van der Waals surface area contributed by atoms with Crippen molar-refractivity contribution in [3.8, 4) is 0 Å². The third-order valence-electron chi connectivity index (χ3n) is 2.85. The predicted molar refractivity (Wildman–Crippen MR) is 66.6 cm³/mol. The van der Waals surface area contributed by atoms with Gasteiger partial charge in [0.1, 0.15) is 6.10 Å². The molecule has 1 aromatic heterocycles. The number of nitrogens with zero attached hydrogens (tertiary/aromatic N) is 2. The normalized spacial score (nSPS) is 12.9. The van der Waals surface area contributed by atoms with E-state index in [2.05, 4.69) is 17.1 Å². The topological polar surface area (TPSA) is 59.2 Å². The summed E-state index contributed by atoms with van der Waals surface area (Å²) >= 11 is 0. The van der Waals surface area contributed by atoms with Gasteiger partial charge in [-0.25, -0.2) is 0 Å². The number of aryl methyl sites for hydroxylation is 1. The highest BCUT2D eigenvalue weighted by Crippen LogP contribution is 2.11. The summed E-state index contributed by atoms with van der Waals surface area (Å²) in [6.45, 7) is 3.87. The quantitative estimate of drug-likeness (QED) is 0.672. The molecule has 1 aromatic rings. The molecule has 0 amide bonds. The van der Waals surface area contributed by atoms with E-state index in [1.165, 1.54) is 38.5 Å². The van der Waals surface area contributed by atoms with Crippen molar-refractivity contribution in [3.63, 3.8) is 0 Å². The number of aliphatic hydroxyl groups excluding tert-OH is 1. The van der Waals surface area contributed by atoms with Crippen LogP contribution in [0.5, 0.6) is 0 Å². The van der Waals surface area contributed by atoms with Crippen molar-refractivity contribution in [2.45, 2.75) is 71.3 Å². The van der Waals surface area contributed by atoms with Crippen LogP contribution in [0.15, 0.2) is 4.52 Å². The largest absolute Gasteiger partial charge is 0.385 e. The summed E-state index contributed by atoms with van der Waals surface area (Å²) < 4.78 is 5.05. The third-order valence-corrected chi connectivity index (χ3v) is 2.85. The molecule has 0 bridgehead atoms. The maximum absolute atomic E-state index is 9.24. The lowest BCUT2D eigenvalue weighted by molar-refractivity contribution is 0.184. The molecule has 0 aliphatic rings. The van der Waals surface area contributed by atoms with Gasteiger partial charge in [-0.15, -0.1) is 0 Å². The fourth-order valence-electron chi connectivity index (χ4n) is 1.77. The standard InChI is InChI=1S/C13H24N2O2/c1-3-4-5-6-7-8-9-10-12-14-13(11(2)16)15-17-12/h11,16H,3-10H2,1-2H3. The van der Waals surface area contributed by atoms with Gasteiger partial charge in [0.15, 0.2) is 5.82 Å². The molecule has 1 heterocycles. The maximum atomic E-state index is 9.24. The van der Waals surface area contributed by atoms with Crippen LogP contribution in [-0.4, -0.2) is 15.2 Å². The first-order valence-electron chi connectivity index (χ1n) is 6.74. The van der Waals surface area contributed by atoms with Gasteiger partial charge in [0, 0.05) is 6.42 Å². The highest BCUT2D eigenvalue weighted by molar-refractivity contribution is 4.88. The molecule has 1 rings (SSSR count). The fourth-order valence-corrected chi connectivity index (χ4v) is 1.77. The highest BCUT2D eigenvalue weighted by Gasteiger charge is 2.09. The summed E-state index contributed by atoms with van der Waals surface area (Å²) in [5, 5.41) is 13.0. The lowest BCUT2D eigenvalue weighted by Gasteiger charge is -1.98. The van der Waals surface area contributed by atoms with E-state index >= 15 is 0 Å². The molecule has 0 aromatic carbocycles. The monoisotopic (exact) mass is 240 g/mol. The molecule has 1 N–H and O–H groups in total. The van der Waals surface area contributed by atoms with Crippen molar-refractivity contribution in [2.24, 2.45) is 0 Å². The Hall–Kier alpha value is -0.900. The van der Waals surface area contributed by atoms with Gasteiger partial charge in [-0.3, -0.25) is 0 Å². The summed E-state index contributed by atoms with van der Waals surface area (Å²) in [5.41, 5.74) is 0. The van der Waals surface area contributed by atoms with E-state index in [9.17, 15) is 5.11 Å². The van der Waals surface area contributed by atoms with Crippen LogP contribution in [0.3, 0.4) is 0 Å². The van der Waals surface area contributed by atoms with Crippen molar-refractivity contribution in [2.75, 3.05) is 0 Å². The second-order valence-electron chi connectivity index (χ2n) is 4.59. The second kappa shape index (κ2) is 8.23. The van der Waals surface area contributed by atoms with E-state index in [1.54, 1.807) is 6.92 Å². The highest BCUT2D eigenvalue weighted by atomic mass is 16.5. The third kappa shape index (κ3) is 5.82. The molecule has 0 radical (unpaired) electrons. The Bertz CT molecular complexity index is 297. The molecule has 0 aliphatic carbocycles. The lowest BCUT2D eigenvalue weighted by Crippen LogP contribution is -1.94. The molecule has 1 atom stereocenters. The fraction of sp³-hybridized carbons (Fsp3) is 0.846. The van der Waals surface area contributed by atoms with E-state index in [4.69, 9.17) is 4.52 Å². The van der Waals surface area contributed by atoms with Gasteiger partial charge in [-0.1, -0.05) is 50.6 Å². The molecule has 0 spiro atoms. The Morgan fingerprint density at radius 2 is 1.76 bits per heavy atom. The van der Waals surface area contributed by atoms with Crippen molar-refractivity contribution < 1.29 is 9.63 Å². The van der Waals surface area contributed by atoms with Crippen LogP contribution >= 0.6 is 0 Å². The second-order valence-corrected chi connectivity index (χ2v) is 4.59. The first-order chi connectivity index (χ1) is 8.24. The van der Waals surface area contributed by atoms with Crippen LogP contribution in [0.2, 0.25) is 0 Å². The predicted octanol–water partition coefficient (Wildman–Crippen LogP) is 3.42. The Labute approximate surface area is 103 Å². The van der Waals surface area contributed by atoms with E-state index < -0.39 is 6.10 Å². The summed E-state index contributed by atoms with van der Waals surface area (Å²) in [6, 6.07) is 0. The molecule has 0 saturated carbocycles. The minimum absolute atomic E-state index is 0.392. The Kier molecular flexibility index (Phi) is 6.86. The van der Waals surface area contributed by atoms with Crippen LogP contribution < -0.4 is 0 Å². The van der Waals surface area contributed by atoms with Crippen molar-refractivity contribution >= 4 is 0 Å². The molecule has 1 unspecified atom stereocenters. The summed E-state index contributed by atoms with van der Waals surface area (Å²) in [4.78, 5) is 4.13. The van der Waals surface area contributed by atoms with Gasteiger partial charge >= 0.3 is 0 Å². The van der Waals surface area contributed by atoms with Crippen molar-refractivity contribution in [3.05, 3.63) is 11.7 Å². The van der Waals surface area contributed by atoms with Crippen LogP contribution in [0.1, 0.15) is 76.6 Å². The minimum atomic E-state index is -0.637. The summed E-state index contributed by atoms with van der Waals surface area (Å²) in [6.07, 6.45) is 9.11. The Balaban J connectivity index is 2.05. The van der Waals surface area contributed by atoms with Crippen molar-refractivity contribution in [1.82, 2.24) is 10.1 Å². The molecular formula is C13H24N2O2. The first kappa shape index (κ1) is 14.2. The molecule has 4 heteroatoms. The molecule has 98 valence electrons. The van der Waals surface area contributed by atoms with E-state index in [-0.39, 0.29) is 0 Å².